The van der Waals surface area contributed by atoms with Gasteiger partial charge in [0.05, 0.1) is 28.2 Å². The van der Waals surface area contributed by atoms with Crippen molar-refractivity contribution in [1.29, 1.82) is 0 Å². The second-order valence-corrected chi connectivity index (χ2v) is 18.7. The number of β-amino-alcohol motifs (C(OH)–C–C–N with tert-alkyl or cyclic N) is 1. The molecule has 2 aliphatic rings. The second-order valence-electron chi connectivity index (χ2n) is 17.8. The number of unbranched alkanes of at least 4 members (excludes halogenated alkanes) is 5. The normalized spacial score (nSPS) is 17.7. The molecule has 0 saturated carbocycles. The number of aryl methyl sites for hydroxylation is 1. The average molecular weight is 873 g/mol. The second kappa shape index (κ2) is 23.0. The lowest BCUT2D eigenvalue weighted by atomic mass is 9.85. The Morgan fingerprint density at radius 3 is 2.13 bits per heavy atom. The Labute approximate surface area is 371 Å². The zero-order valence-corrected chi connectivity index (χ0v) is 38.3. The summed E-state index contributed by atoms with van der Waals surface area (Å²) in [5.41, 5.74) is 11.4. The number of amides is 5. The van der Waals surface area contributed by atoms with E-state index in [1.807, 2.05) is 100 Å². The maximum atomic E-state index is 14.1. The van der Waals surface area contributed by atoms with Crippen LogP contribution in [0.4, 0.5) is 5.69 Å². The van der Waals surface area contributed by atoms with Gasteiger partial charge in [0, 0.05) is 69.8 Å². The van der Waals surface area contributed by atoms with Gasteiger partial charge in [-0.1, -0.05) is 77.6 Å². The summed E-state index contributed by atoms with van der Waals surface area (Å²) < 4.78 is 0. The molecule has 0 aliphatic carbocycles. The zero-order chi connectivity index (χ0) is 44.8. The Morgan fingerprint density at radius 1 is 0.871 bits per heavy atom. The summed E-state index contributed by atoms with van der Waals surface area (Å²) in [6.45, 7) is 15.1. The SMILES string of the molecule is CCCNNC(=O)c1ccc(N2CCN(C(=O)CCCCCCCCC(=O)NC(C(=O)N3C[C@H](O)C[C@H]3C(=O)N[C@@H](C)c3ccc(-c4scnc4C)cc3)C(C)(C)C)CC2)cc1. The number of carbonyl (C=O) groups is 5. The Bertz CT molecular complexity index is 1940. The van der Waals surface area contributed by atoms with Crippen LogP contribution in [0.3, 0.4) is 0 Å². The molecule has 5 amide bonds. The highest BCUT2D eigenvalue weighted by Crippen LogP contribution is 2.30. The number of anilines is 1. The monoisotopic (exact) mass is 872 g/mol. The highest BCUT2D eigenvalue weighted by molar-refractivity contribution is 7.13. The molecule has 0 bridgehead atoms. The van der Waals surface area contributed by atoms with Gasteiger partial charge in [0.2, 0.25) is 23.6 Å². The van der Waals surface area contributed by atoms with Gasteiger partial charge in [-0.05, 0) is 73.9 Å². The molecule has 1 unspecified atom stereocenters. The van der Waals surface area contributed by atoms with E-state index >= 15 is 0 Å². The summed E-state index contributed by atoms with van der Waals surface area (Å²) in [5, 5.41) is 16.6. The molecule has 5 rings (SSSR count). The summed E-state index contributed by atoms with van der Waals surface area (Å²) in [4.78, 5) is 77.1. The number of aliphatic hydroxyl groups excluding tert-OH is 1. The number of hydrogen-bond acceptors (Lipinski definition) is 10. The fourth-order valence-electron chi connectivity index (χ4n) is 8.05. The molecule has 62 heavy (non-hydrogen) atoms. The lowest BCUT2D eigenvalue weighted by Gasteiger charge is -2.36. The summed E-state index contributed by atoms with van der Waals surface area (Å²) in [5.74, 6) is -0.895. The van der Waals surface area contributed by atoms with Gasteiger partial charge in [0.15, 0.2) is 0 Å². The van der Waals surface area contributed by atoms with Crippen LogP contribution in [0.25, 0.3) is 10.4 Å². The highest BCUT2D eigenvalue weighted by atomic mass is 32.1. The number of rotatable bonds is 20. The third-order valence-electron chi connectivity index (χ3n) is 11.8. The van der Waals surface area contributed by atoms with Crippen molar-refractivity contribution >= 4 is 46.6 Å². The Hall–Kier alpha value is -4.86. The van der Waals surface area contributed by atoms with Crippen LogP contribution < -0.4 is 26.4 Å². The van der Waals surface area contributed by atoms with Crippen LogP contribution in [-0.4, -0.2) is 107 Å². The van der Waals surface area contributed by atoms with E-state index in [4.69, 9.17) is 0 Å². The van der Waals surface area contributed by atoms with E-state index < -0.39 is 23.6 Å². The average Bonchev–Trinajstić information content (AvgIpc) is 3.88. The maximum Gasteiger partial charge on any atom is 0.265 e. The molecule has 2 saturated heterocycles. The molecule has 2 fully saturated rings. The van der Waals surface area contributed by atoms with Crippen LogP contribution in [0.1, 0.15) is 126 Å². The minimum atomic E-state index is -0.865. The van der Waals surface area contributed by atoms with Gasteiger partial charge < -0.3 is 30.4 Å². The predicted octanol–water partition coefficient (Wildman–Crippen LogP) is 5.90. The van der Waals surface area contributed by atoms with E-state index in [2.05, 4.69) is 31.4 Å². The minimum Gasteiger partial charge on any atom is -0.391 e. The standard InChI is InChI=1S/C47H68N8O6S/c1-7-24-49-52-44(59)36-20-22-37(23-21-36)53-25-27-54(28-26-53)41(58)15-13-11-9-8-10-12-14-40(57)51-43(47(4,5)6)46(61)55-30-38(56)29-39(55)45(60)50-32(2)34-16-18-35(19-17-34)42-33(3)48-31-62-42/h16-23,31-32,38-39,43,49,56H,7-15,24-30H2,1-6H3,(H,50,60)(H,51,57)(H,52,59)/t32-,38+,39-,43?/m0/s1. The highest BCUT2D eigenvalue weighted by Gasteiger charge is 2.44. The first-order valence-electron chi connectivity index (χ1n) is 22.4. The van der Waals surface area contributed by atoms with Crippen molar-refractivity contribution in [3.05, 3.63) is 70.9 Å². The van der Waals surface area contributed by atoms with Crippen LogP contribution in [0, 0.1) is 12.3 Å². The molecule has 0 radical (unpaired) electrons. The molecule has 1 aromatic heterocycles. The summed E-state index contributed by atoms with van der Waals surface area (Å²) in [7, 11) is 0. The smallest absolute Gasteiger partial charge is 0.265 e. The molecule has 2 aromatic carbocycles. The first-order valence-corrected chi connectivity index (χ1v) is 23.3. The number of nitrogens with zero attached hydrogens (tertiary/aromatic N) is 4. The van der Waals surface area contributed by atoms with Crippen molar-refractivity contribution < 1.29 is 29.1 Å². The molecule has 4 atom stereocenters. The molecular weight excluding hydrogens is 805 g/mol. The van der Waals surface area contributed by atoms with Crippen molar-refractivity contribution in [3.8, 4) is 10.4 Å². The maximum absolute atomic E-state index is 14.1. The predicted molar refractivity (Wildman–Crippen MR) is 244 cm³/mol. The number of hydrogen-bond donors (Lipinski definition) is 5. The summed E-state index contributed by atoms with van der Waals surface area (Å²) in [6.07, 6.45) is 6.27. The number of benzene rings is 2. The molecule has 15 heteroatoms. The third-order valence-corrected chi connectivity index (χ3v) is 12.8. The number of thiazole rings is 1. The van der Waals surface area contributed by atoms with Crippen LogP contribution in [0.15, 0.2) is 54.0 Å². The number of aliphatic hydroxyl groups is 1. The van der Waals surface area contributed by atoms with Gasteiger partial charge in [-0.3, -0.25) is 29.4 Å². The van der Waals surface area contributed by atoms with E-state index in [9.17, 15) is 29.1 Å². The first-order chi connectivity index (χ1) is 29.7. The Balaban J connectivity index is 0.976. The van der Waals surface area contributed by atoms with Crippen LogP contribution in [0.2, 0.25) is 0 Å². The molecule has 338 valence electrons. The van der Waals surface area contributed by atoms with Crippen molar-refractivity contribution in [2.24, 2.45) is 5.41 Å². The van der Waals surface area contributed by atoms with Crippen molar-refractivity contribution in [2.75, 3.05) is 44.2 Å². The van der Waals surface area contributed by atoms with Crippen LogP contribution >= 0.6 is 11.3 Å². The number of piperazine rings is 1. The molecule has 14 nitrogen and oxygen atoms in total. The van der Waals surface area contributed by atoms with E-state index in [1.54, 1.807) is 11.3 Å². The summed E-state index contributed by atoms with van der Waals surface area (Å²) >= 11 is 1.58. The molecule has 3 aromatic rings. The molecule has 5 N–H and O–H groups in total. The minimum absolute atomic E-state index is 0.0227. The van der Waals surface area contributed by atoms with Crippen molar-refractivity contribution in [3.63, 3.8) is 0 Å². The summed E-state index contributed by atoms with van der Waals surface area (Å²) in [6, 6.07) is 13.5. The number of aromatic nitrogens is 1. The largest absolute Gasteiger partial charge is 0.391 e. The van der Waals surface area contributed by atoms with Gasteiger partial charge in [-0.25, -0.2) is 10.4 Å². The fourth-order valence-corrected chi connectivity index (χ4v) is 8.86. The van der Waals surface area contributed by atoms with Crippen LogP contribution in [-0.2, 0) is 19.2 Å². The Kier molecular flexibility index (Phi) is 17.9. The molecule has 0 spiro atoms. The lowest BCUT2D eigenvalue weighted by Crippen LogP contribution is -2.57. The van der Waals surface area contributed by atoms with Crippen molar-refractivity contribution in [1.82, 2.24) is 36.3 Å². The van der Waals surface area contributed by atoms with Gasteiger partial charge in [0.25, 0.3) is 5.91 Å². The lowest BCUT2D eigenvalue weighted by molar-refractivity contribution is -0.144. The van der Waals surface area contributed by atoms with Gasteiger partial charge in [-0.15, -0.1) is 11.3 Å². The number of hydrazine groups is 1. The van der Waals surface area contributed by atoms with E-state index in [-0.39, 0.29) is 55.0 Å². The number of likely N-dealkylation sites (tertiary alicyclic amines) is 1. The zero-order valence-electron chi connectivity index (χ0n) is 37.5. The van der Waals surface area contributed by atoms with Crippen molar-refractivity contribution in [2.45, 2.75) is 130 Å². The molecular formula is C47H68N8O6S. The van der Waals surface area contributed by atoms with E-state index in [0.29, 0.717) is 38.0 Å². The van der Waals surface area contributed by atoms with E-state index in [0.717, 1.165) is 79.0 Å². The number of carbonyl (C=O) groups excluding carboxylic acids is 5. The van der Waals surface area contributed by atoms with Crippen LogP contribution in [0.5, 0.6) is 0 Å². The molecule has 2 aliphatic heterocycles. The number of nitrogens with one attached hydrogen (secondary N) is 4. The van der Waals surface area contributed by atoms with E-state index in [1.165, 1.54) is 4.90 Å². The fraction of sp³-hybridized carbons (Fsp3) is 0.574. The molecule has 3 heterocycles. The van der Waals surface area contributed by atoms with Gasteiger partial charge >= 0.3 is 0 Å². The van der Waals surface area contributed by atoms with Gasteiger partial charge in [0.1, 0.15) is 12.1 Å². The quantitative estimate of drug-likeness (QED) is 0.0684. The third kappa shape index (κ3) is 13.6. The topological polar surface area (TPSA) is 176 Å². The van der Waals surface area contributed by atoms with Gasteiger partial charge in [-0.2, -0.15) is 0 Å². The first kappa shape index (κ1) is 48.2. The Morgan fingerprint density at radius 2 is 1.52 bits per heavy atom.